The molecule has 4 nitrogen and oxygen atoms in total. The first-order valence-corrected chi connectivity index (χ1v) is 7.48. The third-order valence-electron chi connectivity index (χ3n) is 3.62. The Morgan fingerprint density at radius 2 is 1.95 bits per heavy atom. The Morgan fingerprint density at radius 3 is 2.60 bits per heavy atom. The Labute approximate surface area is 122 Å². The molecule has 1 heterocycles. The highest BCUT2D eigenvalue weighted by Gasteiger charge is 2.18. The molecule has 0 radical (unpaired) electrons. The maximum atomic E-state index is 5.45. The average molecular weight is 275 g/mol. The number of hydrogen-bond acceptors (Lipinski definition) is 3. The van der Waals surface area contributed by atoms with Crippen LogP contribution in [-0.4, -0.2) is 45.2 Å². The van der Waals surface area contributed by atoms with Crippen LogP contribution < -0.4 is 9.80 Å². The third-order valence-corrected chi connectivity index (χ3v) is 3.62. The topological polar surface area (TPSA) is 28.1 Å². The van der Waals surface area contributed by atoms with Crippen LogP contribution in [0.3, 0.4) is 0 Å². The molecule has 4 heteroatoms. The Morgan fingerprint density at radius 1 is 1.25 bits per heavy atom. The van der Waals surface area contributed by atoms with Crippen LogP contribution in [0.15, 0.2) is 29.3 Å². The summed E-state index contributed by atoms with van der Waals surface area (Å²) in [4.78, 5) is 9.25. The molecule has 110 valence electrons. The van der Waals surface area contributed by atoms with E-state index in [1.807, 2.05) is 0 Å². The predicted molar refractivity (Wildman–Crippen MR) is 86.1 cm³/mol. The quantitative estimate of drug-likeness (QED) is 0.625. The van der Waals surface area contributed by atoms with Crippen molar-refractivity contribution in [1.29, 1.82) is 0 Å². The van der Waals surface area contributed by atoms with Gasteiger partial charge < -0.3 is 14.5 Å². The van der Waals surface area contributed by atoms with Crippen molar-refractivity contribution in [2.45, 2.75) is 20.8 Å². The monoisotopic (exact) mass is 275 g/mol. The van der Waals surface area contributed by atoms with E-state index in [4.69, 9.17) is 4.74 Å². The van der Waals surface area contributed by atoms with E-state index in [9.17, 15) is 0 Å². The van der Waals surface area contributed by atoms with Gasteiger partial charge in [-0.1, -0.05) is 12.1 Å². The lowest BCUT2D eigenvalue weighted by Crippen LogP contribution is -2.38. The van der Waals surface area contributed by atoms with Crippen LogP contribution in [0.2, 0.25) is 0 Å². The van der Waals surface area contributed by atoms with Crippen molar-refractivity contribution in [2.75, 3.05) is 49.2 Å². The van der Waals surface area contributed by atoms with Gasteiger partial charge in [0.15, 0.2) is 0 Å². The van der Waals surface area contributed by atoms with E-state index < -0.39 is 0 Å². The molecule has 0 unspecified atom stereocenters. The Balaban J connectivity index is 2.32. The fraction of sp³-hybridized carbons (Fsp3) is 0.562. The number of amidine groups is 1. The van der Waals surface area contributed by atoms with Gasteiger partial charge in [0.2, 0.25) is 0 Å². The molecule has 20 heavy (non-hydrogen) atoms. The zero-order chi connectivity index (χ0) is 14.4. The highest BCUT2D eigenvalue weighted by atomic mass is 16.5. The molecule has 1 aromatic rings. The van der Waals surface area contributed by atoms with E-state index >= 15 is 0 Å². The lowest BCUT2D eigenvalue weighted by molar-refractivity contribution is 0.123. The summed E-state index contributed by atoms with van der Waals surface area (Å²) >= 11 is 0. The van der Waals surface area contributed by atoms with E-state index in [1.54, 1.807) is 0 Å². The van der Waals surface area contributed by atoms with Gasteiger partial charge in [-0.15, -0.1) is 0 Å². The second-order valence-corrected chi connectivity index (χ2v) is 4.85. The van der Waals surface area contributed by atoms with Gasteiger partial charge >= 0.3 is 0 Å². The molecule has 1 saturated heterocycles. The van der Waals surface area contributed by atoms with Crippen LogP contribution in [0.25, 0.3) is 0 Å². The van der Waals surface area contributed by atoms with Crippen molar-refractivity contribution in [1.82, 2.24) is 0 Å². The van der Waals surface area contributed by atoms with E-state index in [0.29, 0.717) is 0 Å². The minimum Gasteiger partial charge on any atom is -0.378 e. The molecule has 0 spiro atoms. The maximum Gasteiger partial charge on any atom is 0.100 e. The number of ether oxygens (including phenoxy) is 1. The molecule has 0 aromatic heterocycles. The molecule has 2 rings (SSSR count). The van der Waals surface area contributed by atoms with Crippen LogP contribution in [0.4, 0.5) is 11.4 Å². The van der Waals surface area contributed by atoms with Gasteiger partial charge in [0.05, 0.1) is 24.6 Å². The zero-order valence-corrected chi connectivity index (χ0v) is 12.8. The van der Waals surface area contributed by atoms with Crippen LogP contribution in [0, 0.1) is 0 Å². The number of aliphatic imine (C=N–C) groups is 1. The second kappa shape index (κ2) is 7.29. The van der Waals surface area contributed by atoms with Gasteiger partial charge in [-0.05, 0) is 32.9 Å². The van der Waals surface area contributed by atoms with Gasteiger partial charge in [-0.3, -0.25) is 4.99 Å². The van der Waals surface area contributed by atoms with Gasteiger partial charge in [0.1, 0.15) is 5.84 Å². The molecule has 0 saturated carbocycles. The summed E-state index contributed by atoms with van der Waals surface area (Å²) in [6, 6.07) is 8.58. The van der Waals surface area contributed by atoms with Crippen molar-refractivity contribution in [3.8, 4) is 0 Å². The lowest BCUT2D eigenvalue weighted by atomic mass is 10.2. The minimum atomic E-state index is 0.808. The van der Waals surface area contributed by atoms with Crippen molar-refractivity contribution in [3.63, 3.8) is 0 Å². The largest absolute Gasteiger partial charge is 0.378 e. The molecule has 1 aromatic carbocycles. The standard InChI is InChI=1S/C16H25N3O/c1-4-17-14(3)19(5-2)16-9-7-6-8-15(16)18-10-12-20-13-11-18/h6-9H,4-5,10-13H2,1-3H3. The van der Waals surface area contributed by atoms with Gasteiger partial charge in [0, 0.05) is 26.2 Å². The lowest BCUT2D eigenvalue weighted by Gasteiger charge is -2.34. The molecular formula is C16H25N3O. The average Bonchev–Trinajstić information content (AvgIpc) is 2.50. The molecular weight excluding hydrogens is 250 g/mol. The first-order chi connectivity index (χ1) is 9.77. The first kappa shape index (κ1) is 14.9. The van der Waals surface area contributed by atoms with Gasteiger partial charge in [0.25, 0.3) is 0 Å². The first-order valence-electron chi connectivity index (χ1n) is 7.48. The number of benzene rings is 1. The second-order valence-electron chi connectivity index (χ2n) is 4.85. The van der Waals surface area contributed by atoms with Crippen molar-refractivity contribution in [3.05, 3.63) is 24.3 Å². The molecule has 1 aliphatic rings. The Kier molecular flexibility index (Phi) is 5.41. The predicted octanol–water partition coefficient (Wildman–Crippen LogP) is 2.79. The SMILES string of the molecule is CCN=C(C)N(CC)c1ccccc1N1CCOCC1. The Bertz CT molecular complexity index is 453. The summed E-state index contributed by atoms with van der Waals surface area (Å²) in [5.74, 6) is 1.08. The summed E-state index contributed by atoms with van der Waals surface area (Å²) in [5.41, 5.74) is 2.52. The molecule has 0 bridgehead atoms. The number of anilines is 2. The van der Waals surface area contributed by atoms with Crippen molar-refractivity contribution in [2.24, 2.45) is 4.99 Å². The fourth-order valence-corrected chi connectivity index (χ4v) is 2.65. The summed E-state index contributed by atoms with van der Waals surface area (Å²) in [5, 5.41) is 0. The fourth-order valence-electron chi connectivity index (χ4n) is 2.65. The van der Waals surface area contributed by atoms with E-state index in [2.05, 4.69) is 59.8 Å². The van der Waals surface area contributed by atoms with Crippen LogP contribution in [0.5, 0.6) is 0 Å². The zero-order valence-electron chi connectivity index (χ0n) is 12.8. The Hall–Kier alpha value is -1.55. The molecule has 0 N–H and O–H groups in total. The van der Waals surface area contributed by atoms with Crippen molar-refractivity contribution >= 4 is 17.2 Å². The smallest absolute Gasteiger partial charge is 0.100 e. The summed E-state index contributed by atoms with van der Waals surface area (Å²) in [7, 11) is 0. The molecule has 0 amide bonds. The van der Waals surface area contributed by atoms with Crippen LogP contribution in [-0.2, 0) is 4.74 Å². The number of para-hydroxylation sites is 2. The van der Waals surface area contributed by atoms with Crippen LogP contribution in [0.1, 0.15) is 20.8 Å². The third kappa shape index (κ3) is 3.31. The van der Waals surface area contributed by atoms with Crippen LogP contribution >= 0.6 is 0 Å². The molecule has 0 aliphatic carbocycles. The van der Waals surface area contributed by atoms with Gasteiger partial charge in [-0.2, -0.15) is 0 Å². The maximum absolute atomic E-state index is 5.45. The highest BCUT2D eigenvalue weighted by molar-refractivity contribution is 5.99. The normalized spacial score (nSPS) is 16.4. The summed E-state index contributed by atoms with van der Waals surface area (Å²) in [6.45, 7) is 11.6. The minimum absolute atomic E-state index is 0.808. The van der Waals surface area contributed by atoms with E-state index in [-0.39, 0.29) is 0 Å². The number of morpholine rings is 1. The summed E-state index contributed by atoms with van der Waals surface area (Å²) < 4.78 is 5.45. The molecule has 1 aliphatic heterocycles. The molecule has 1 fully saturated rings. The molecule has 0 atom stereocenters. The van der Waals surface area contributed by atoms with Crippen molar-refractivity contribution < 1.29 is 4.74 Å². The highest BCUT2D eigenvalue weighted by Crippen LogP contribution is 2.30. The van der Waals surface area contributed by atoms with E-state index in [1.165, 1.54) is 11.4 Å². The number of hydrogen-bond donors (Lipinski definition) is 0. The van der Waals surface area contributed by atoms with Gasteiger partial charge in [-0.25, -0.2) is 0 Å². The summed E-state index contributed by atoms with van der Waals surface area (Å²) in [6.07, 6.45) is 0. The number of rotatable bonds is 4. The van der Waals surface area contributed by atoms with E-state index in [0.717, 1.165) is 45.2 Å². The number of nitrogens with zero attached hydrogens (tertiary/aromatic N) is 3.